The molecule has 0 unspecified atom stereocenters. The highest BCUT2D eigenvalue weighted by Crippen LogP contribution is 2.29. The van der Waals surface area contributed by atoms with Gasteiger partial charge in [-0.05, 0) is 54.6 Å². The van der Waals surface area contributed by atoms with Gasteiger partial charge >= 0.3 is 0 Å². The van der Waals surface area contributed by atoms with E-state index in [0.29, 0.717) is 21.5 Å². The molecule has 0 aliphatic heterocycles. The topological polar surface area (TPSA) is 42.2 Å². The molecule has 1 N–H and O–H groups in total. The number of halogens is 3. The standard InChI is InChI=1S/C17H10BrCl2NO2/c18-11-2-4-12(5-3-11)21-17(22)16-8-7-15(23-16)10-1-6-13(19)14(20)9-10/h1-9H,(H,21,22). The van der Waals surface area contributed by atoms with Crippen LogP contribution in [0.15, 0.2) is 63.5 Å². The van der Waals surface area contributed by atoms with E-state index >= 15 is 0 Å². The quantitative estimate of drug-likeness (QED) is 0.552. The van der Waals surface area contributed by atoms with Crippen LogP contribution in [0.4, 0.5) is 5.69 Å². The molecule has 1 amide bonds. The smallest absolute Gasteiger partial charge is 0.291 e. The number of hydrogen-bond donors (Lipinski definition) is 1. The van der Waals surface area contributed by atoms with Crippen LogP contribution in [0.2, 0.25) is 10.0 Å². The van der Waals surface area contributed by atoms with Crippen molar-refractivity contribution in [1.29, 1.82) is 0 Å². The third kappa shape index (κ3) is 3.78. The Bertz CT molecular complexity index is 859. The molecule has 0 saturated heterocycles. The SMILES string of the molecule is O=C(Nc1ccc(Br)cc1)c1ccc(-c2ccc(Cl)c(Cl)c2)o1. The Morgan fingerprint density at radius 3 is 2.39 bits per heavy atom. The summed E-state index contributed by atoms with van der Waals surface area (Å²) < 4.78 is 6.54. The second-order valence-electron chi connectivity index (χ2n) is 4.75. The van der Waals surface area contributed by atoms with E-state index in [2.05, 4.69) is 21.2 Å². The Morgan fingerprint density at radius 1 is 0.957 bits per heavy atom. The number of anilines is 1. The molecule has 0 bridgehead atoms. The lowest BCUT2D eigenvalue weighted by Crippen LogP contribution is -2.10. The molecule has 0 atom stereocenters. The molecule has 23 heavy (non-hydrogen) atoms. The van der Waals surface area contributed by atoms with Crippen molar-refractivity contribution in [3.63, 3.8) is 0 Å². The number of furan rings is 1. The number of amides is 1. The van der Waals surface area contributed by atoms with Gasteiger partial charge in [-0.1, -0.05) is 39.1 Å². The third-order valence-electron chi connectivity index (χ3n) is 3.14. The van der Waals surface area contributed by atoms with Gasteiger partial charge in [-0.2, -0.15) is 0 Å². The first-order valence-electron chi connectivity index (χ1n) is 6.65. The van der Waals surface area contributed by atoms with Crippen LogP contribution in [-0.2, 0) is 0 Å². The van der Waals surface area contributed by atoms with Gasteiger partial charge < -0.3 is 9.73 Å². The fourth-order valence-corrected chi connectivity index (χ4v) is 2.55. The number of rotatable bonds is 3. The predicted octanol–water partition coefficient (Wildman–Crippen LogP) is 6.27. The van der Waals surface area contributed by atoms with Crippen molar-refractivity contribution in [3.8, 4) is 11.3 Å². The van der Waals surface area contributed by atoms with Gasteiger partial charge in [0.15, 0.2) is 5.76 Å². The maximum Gasteiger partial charge on any atom is 0.291 e. The summed E-state index contributed by atoms with van der Waals surface area (Å²) in [5, 5.41) is 3.67. The van der Waals surface area contributed by atoms with Crippen LogP contribution >= 0.6 is 39.1 Å². The van der Waals surface area contributed by atoms with E-state index in [0.717, 1.165) is 10.0 Å². The summed E-state index contributed by atoms with van der Waals surface area (Å²) in [6.45, 7) is 0. The third-order valence-corrected chi connectivity index (χ3v) is 4.40. The van der Waals surface area contributed by atoms with Gasteiger partial charge in [0.1, 0.15) is 5.76 Å². The van der Waals surface area contributed by atoms with Gasteiger partial charge in [0.2, 0.25) is 0 Å². The lowest BCUT2D eigenvalue weighted by atomic mass is 10.2. The first-order chi connectivity index (χ1) is 11.0. The monoisotopic (exact) mass is 409 g/mol. The lowest BCUT2D eigenvalue weighted by molar-refractivity contribution is 0.0997. The molecule has 0 aliphatic rings. The van der Waals surface area contributed by atoms with E-state index in [9.17, 15) is 4.79 Å². The second kappa shape index (κ2) is 6.79. The molecule has 0 saturated carbocycles. The van der Waals surface area contributed by atoms with Crippen molar-refractivity contribution < 1.29 is 9.21 Å². The van der Waals surface area contributed by atoms with Gasteiger partial charge in [-0.25, -0.2) is 0 Å². The average Bonchev–Trinajstić information content (AvgIpc) is 3.02. The van der Waals surface area contributed by atoms with Crippen LogP contribution in [0.5, 0.6) is 0 Å². The van der Waals surface area contributed by atoms with E-state index in [4.69, 9.17) is 27.6 Å². The zero-order valence-electron chi connectivity index (χ0n) is 11.6. The number of carbonyl (C=O) groups is 1. The summed E-state index contributed by atoms with van der Waals surface area (Å²) in [5.41, 5.74) is 1.44. The molecule has 1 aromatic heterocycles. The van der Waals surface area contributed by atoms with Crippen LogP contribution in [0.25, 0.3) is 11.3 Å². The minimum Gasteiger partial charge on any atom is -0.451 e. The summed E-state index contributed by atoms with van der Waals surface area (Å²) >= 11 is 15.2. The Hall–Kier alpha value is -1.75. The van der Waals surface area contributed by atoms with E-state index in [1.807, 2.05) is 12.1 Å². The summed E-state index contributed by atoms with van der Waals surface area (Å²) in [7, 11) is 0. The average molecular weight is 411 g/mol. The van der Waals surface area contributed by atoms with Gasteiger partial charge in [-0.15, -0.1) is 0 Å². The molecule has 116 valence electrons. The summed E-state index contributed by atoms with van der Waals surface area (Å²) in [4.78, 5) is 12.2. The van der Waals surface area contributed by atoms with Crippen LogP contribution < -0.4 is 5.32 Å². The molecule has 0 aliphatic carbocycles. The number of hydrogen-bond acceptors (Lipinski definition) is 2. The number of nitrogens with one attached hydrogen (secondary N) is 1. The second-order valence-corrected chi connectivity index (χ2v) is 6.48. The molecular weight excluding hydrogens is 401 g/mol. The van der Waals surface area contributed by atoms with Gasteiger partial charge in [0, 0.05) is 15.7 Å². The molecule has 3 rings (SSSR count). The fourth-order valence-electron chi connectivity index (χ4n) is 1.99. The lowest BCUT2D eigenvalue weighted by Gasteiger charge is -2.03. The highest BCUT2D eigenvalue weighted by molar-refractivity contribution is 9.10. The molecular formula is C17H10BrCl2NO2. The summed E-state index contributed by atoms with van der Waals surface area (Å²) in [6.07, 6.45) is 0. The van der Waals surface area contributed by atoms with Crippen LogP contribution in [0.3, 0.4) is 0 Å². The van der Waals surface area contributed by atoms with E-state index in [1.165, 1.54) is 0 Å². The van der Waals surface area contributed by atoms with Crippen molar-refractivity contribution in [2.24, 2.45) is 0 Å². The van der Waals surface area contributed by atoms with Gasteiger partial charge in [0.25, 0.3) is 5.91 Å². The highest BCUT2D eigenvalue weighted by atomic mass is 79.9. The molecule has 2 aromatic carbocycles. The molecule has 6 heteroatoms. The van der Waals surface area contributed by atoms with Gasteiger partial charge in [0.05, 0.1) is 10.0 Å². The first-order valence-corrected chi connectivity index (χ1v) is 8.20. The predicted molar refractivity (Wildman–Crippen MR) is 96.3 cm³/mol. The zero-order chi connectivity index (χ0) is 16.4. The normalized spacial score (nSPS) is 10.6. The summed E-state index contributed by atoms with van der Waals surface area (Å²) in [5.74, 6) is 0.442. The van der Waals surface area contributed by atoms with Crippen molar-refractivity contribution in [3.05, 3.63) is 74.9 Å². The van der Waals surface area contributed by atoms with E-state index < -0.39 is 0 Å². The molecule has 0 fully saturated rings. The molecule has 0 radical (unpaired) electrons. The largest absolute Gasteiger partial charge is 0.451 e. The Morgan fingerprint density at radius 2 is 1.70 bits per heavy atom. The molecule has 0 spiro atoms. The van der Waals surface area contributed by atoms with Crippen molar-refractivity contribution in [2.45, 2.75) is 0 Å². The number of benzene rings is 2. The Kier molecular flexibility index (Phi) is 4.76. The van der Waals surface area contributed by atoms with Crippen LogP contribution in [0, 0.1) is 0 Å². The maximum absolute atomic E-state index is 12.2. The van der Waals surface area contributed by atoms with Crippen LogP contribution in [0.1, 0.15) is 10.6 Å². The fraction of sp³-hybridized carbons (Fsp3) is 0. The summed E-state index contributed by atoms with van der Waals surface area (Å²) in [6, 6.07) is 15.8. The minimum atomic E-state index is -0.321. The van der Waals surface area contributed by atoms with E-state index in [-0.39, 0.29) is 11.7 Å². The first kappa shape index (κ1) is 16.1. The molecule has 3 aromatic rings. The zero-order valence-corrected chi connectivity index (χ0v) is 14.7. The highest BCUT2D eigenvalue weighted by Gasteiger charge is 2.13. The molecule has 3 nitrogen and oxygen atoms in total. The van der Waals surface area contributed by atoms with Crippen molar-refractivity contribution in [2.75, 3.05) is 5.32 Å². The van der Waals surface area contributed by atoms with Gasteiger partial charge in [-0.3, -0.25) is 4.79 Å². The Balaban J connectivity index is 1.79. The van der Waals surface area contributed by atoms with E-state index in [1.54, 1.807) is 42.5 Å². The number of carbonyl (C=O) groups excluding carboxylic acids is 1. The van der Waals surface area contributed by atoms with Crippen LogP contribution in [-0.4, -0.2) is 5.91 Å². The van der Waals surface area contributed by atoms with Crippen molar-refractivity contribution in [1.82, 2.24) is 0 Å². The minimum absolute atomic E-state index is 0.217. The Labute approximate surface area is 151 Å². The molecule has 1 heterocycles. The maximum atomic E-state index is 12.2. The van der Waals surface area contributed by atoms with Crippen molar-refractivity contribution >= 4 is 50.7 Å².